The first-order valence-corrected chi connectivity index (χ1v) is 9.11. The molecule has 1 heterocycles. The van der Waals surface area contributed by atoms with Crippen molar-refractivity contribution >= 4 is 23.0 Å². The number of hydrogen-bond acceptors (Lipinski definition) is 6. The summed E-state index contributed by atoms with van der Waals surface area (Å²) in [6, 6.07) is 14.5. The molecule has 29 heavy (non-hydrogen) atoms. The molecule has 1 amide bonds. The van der Waals surface area contributed by atoms with Crippen LogP contribution in [0.3, 0.4) is 0 Å². The van der Waals surface area contributed by atoms with Crippen LogP contribution in [0.4, 0.5) is 17.1 Å². The molecule has 150 valence electrons. The largest absolute Gasteiger partial charge is 0.497 e. The second kappa shape index (κ2) is 9.45. The standard InChI is InChI=1S/C22H23N3O4/c1-4-29-18-7-5-16(6-8-18)24-17-11-15(13-23-14-17)22(26)25-20-10-9-19(27-2)12-21(20)28-3/h5-14,24H,4H2,1-3H3,(H,25,26). The molecule has 0 saturated heterocycles. The summed E-state index contributed by atoms with van der Waals surface area (Å²) in [5.41, 5.74) is 2.52. The number of methoxy groups -OCH3 is 2. The summed E-state index contributed by atoms with van der Waals surface area (Å²) in [5.74, 6) is 1.66. The summed E-state index contributed by atoms with van der Waals surface area (Å²) in [5, 5.41) is 6.07. The lowest BCUT2D eigenvalue weighted by atomic mass is 10.2. The second-order valence-electron chi connectivity index (χ2n) is 6.07. The number of anilines is 3. The molecule has 1 aromatic heterocycles. The molecule has 7 heteroatoms. The molecule has 0 aliphatic heterocycles. The molecule has 0 saturated carbocycles. The van der Waals surface area contributed by atoms with Crippen LogP contribution in [-0.2, 0) is 0 Å². The van der Waals surface area contributed by atoms with E-state index in [1.807, 2.05) is 31.2 Å². The van der Waals surface area contributed by atoms with Crippen molar-refractivity contribution in [3.63, 3.8) is 0 Å². The number of rotatable bonds is 8. The number of ether oxygens (including phenoxy) is 3. The molecule has 0 fully saturated rings. The molecule has 0 spiro atoms. The van der Waals surface area contributed by atoms with E-state index < -0.39 is 0 Å². The van der Waals surface area contributed by atoms with Gasteiger partial charge in [0.25, 0.3) is 5.91 Å². The van der Waals surface area contributed by atoms with Crippen LogP contribution in [-0.4, -0.2) is 31.7 Å². The minimum absolute atomic E-state index is 0.295. The Morgan fingerprint density at radius 2 is 1.69 bits per heavy atom. The van der Waals surface area contributed by atoms with Gasteiger partial charge in [0, 0.05) is 18.0 Å². The first kappa shape index (κ1) is 20.0. The van der Waals surface area contributed by atoms with Gasteiger partial charge in [-0.2, -0.15) is 0 Å². The third kappa shape index (κ3) is 5.16. The van der Waals surface area contributed by atoms with Gasteiger partial charge in [0.1, 0.15) is 17.2 Å². The van der Waals surface area contributed by atoms with Gasteiger partial charge in [0.05, 0.1) is 44.0 Å². The molecule has 0 atom stereocenters. The Balaban J connectivity index is 1.72. The SMILES string of the molecule is CCOc1ccc(Nc2cncc(C(=O)Nc3ccc(OC)cc3OC)c2)cc1. The molecule has 0 unspecified atom stereocenters. The van der Waals surface area contributed by atoms with Crippen molar-refractivity contribution in [3.8, 4) is 17.2 Å². The van der Waals surface area contributed by atoms with Crippen molar-refractivity contribution in [2.24, 2.45) is 0 Å². The van der Waals surface area contributed by atoms with Gasteiger partial charge in [0.2, 0.25) is 0 Å². The van der Waals surface area contributed by atoms with E-state index in [1.165, 1.54) is 13.3 Å². The lowest BCUT2D eigenvalue weighted by molar-refractivity contribution is 0.102. The van der Waals surface area contributed by atoms with Crippen LogP contribution >= 0.6 is 0 Å². The van der Waals surface area contributed by atoms with E-state index in [-0.39, 0.29) is 5.91 Å². The zero-order valence-electron chi connectivity index (χ0n) is 16.6. The average Bonchev–Trinajstić information content (AvgIpc) is 2.75. The number of aromatic nitrogens is 1. The van der Waals surface area contributed by atoms with Gasteiger partial charge in [-0.15, -0.1) is 0 Å². The summed E-state index contributed by atoms with van der Waals surface area (Å²) in [6.45, 7) is 2.56. The maximum atomic E-state index is 12.7. The number of carbonyl (C=O) groups is 1. The lowest BCUT2D eigenvalue weighted by Crippen LogP contribution is -2.13. The van der Waals surface area contributed by atoms with E-state index in [1.54, 1.807) is 37.6 Å². The Hall–Kier alpha value is -3.74. The molecule has 0 radical (unpaired) electrons. The zero-order valence-corrected chi connectivity index (χ0v) is 16.6. The van der Waals surface area contributed by atoms with Gasteiger partial charge in [-0.25, -0.2) is 0 Å². The fraction of sp³-hybridized carbons (Fsp3) is 0.182. The van der Waals surface area contributed by atoms with Crippen LogP contribution in [0, 0.1) is 0 Å². The van der Waals surface area contributed by atoms with Gasteiger partial charge in [-0.1, -0.05) is 0 Å². The fourth-order valence-corrected chi connectivity index (χ4v) is 2.70. The number of amides is 1. The Morgan fingerprint density at radius 3 is 2.38 bits per heavy atom. The minimum atomic E-state index is -0.295. The van der Waals surface area contributed by atoms with E-state index in [9.17, 15) is 4.79 Å². The quantitative estimate of drug-likeness (QED) is 0.587. The maximum Gasteiger partial charge on any atom is 0.257 e. The Labute approximate surface area is 169 Å². The molecule has 2 aromatic carbocycles. The van der Waals surface area contributed by atoms with E-state index in [0.717, 1.165) is 11.4 Å². The number of hydrogen-bond donors (Lipinski definition) is 2. The number of benzene rings is 2. The van der Waals surface area contributed by atoms with Gasteiger partial charge < -0.3 is 24.8 Å². The molecule has 0 aliphatic rings. The predicted octanol–water partition coefficient (Wildman–Crippen LogP) is 4.49. The lowest BCUT2D eigenvalue weighted by Gasteiger charge is -2.12. The minimum Gasteiger partial charge on any atom is -0.497 e. The Morgan fingerprint density at radius 1 is 0.931 bits per heavy atom. The maximum absolute atomic E-state index is 12.7. The van der Waals surface area contributed by atoms with Crippen LogP contribution in [0.25, 0.3) is 0 Å². The summed E-state index contributed by atoms with van der Waals surface area (Å²) in [7, 11) is 3.11. The molecular weight excluding hydrogens is 370 g/mol. The van der Waals surface area contributed by atoms with Gasteiger partial charge in [0.15, 0.2) is 0 Å². The number of carbonyl (C=O) groups excluding carboxylic acids is 1. The summed E-state index contributed by atoms with van der Waals surface area (Å²) >= 11 is 0. The predicted molar refractivity (Wildman–Crippen MR) is 113 cm³/mol. The molecule has 3 aromatic rings. The van der Waals surface area contributed by atoms with E-state index >= 15 is 0 Å². The fourth-order valence-electron chi connectivity index (χ4n) is 2.70. The highest BCUT2D eigenvalue weighted by Gasteiger charge is 2.12. The molecular formula is C22H23N3O4. The van der Waals surface area contributed by atoms with Crippen molar-refractivity contribution in [2.75, 3.05) is 31.5 Å². The van der Waals surface area contributed by atoms with Crippen molar-refractivity contribution in [1.82, 2.24) is 4.98 Å². The van der Waals surface area contributed by atoms with E-state index in [2.05, 4.69) is 15.6 Å². The molecule has 3 rings (SSSR count). The van der Waals surface area contributed by atoms with Crippen molar-refractivity contribution < 1.29 is 19.0 Å². The molecule has 7 nitrogen and oxygen atoms in total. The van der Waals surface area contributed by atoms with Gasteiger partial charge >= 0.3 is 0 Å². The van der Waals surface area contributed by atoms with E-state index in [0.29, 0.717) is 35.0 Å². The number of pyridine rings is 1. The molecule has 0 bridgehead atoms. The van der Waals surface area contributed by atoms with Gasteiger partial charge in [-0.05, 0) is 49.4 Å². The third-order valence-corrected chi connectivity index (χ3v) is 4.11. The summed E-state index contributed by atoms with van der Waals surface area (Å²) in [6.07, 6.45) is 3.16. The van der Waals surface area contributed by atoms with Gasteiger partial charge in [-0.3, -0.25) is 9.78 Å². The van der Waals surface area contributed by atoms with Crippen LogP contribution in [0.1, 0.15) is 17.3 Å². The second-order valence-corrected chi connectivity index (χ2v) is 6.07. The Kier molecular flexibility index (Phi) is 6.52. The van der Waals surface area contributed by atoms with Crippen LogP contribution in [0.5, 0.6) is 17.2 Å². The summed E-state index contributed by atoms with van der Waals surface area (Å²) < 4.78 is 15.9. The van der Waals surface area contributed by atoms with Crippen molar-refractivity contribution in [3.05, 3.63) is 66.5 Å². The number of nitrogens with zero attached hydrogens (tertiary/aromatic N) is 1. The average molecular weight is 393 g/mol. The number of nitrogens with one attached hydrogen (secondary N) is 2. The third-order valence-electron chi connectivity index (χ3n) is 4.11. The highest BCUT2D eigenvalue weighted by molar-refractivity contribution is 6.05. The smallest absolute Gasteiger partial charge is 0.257 e. The zero-order chi connectivity index (χ0) is 20.6. The van der Waals surface area contributed by atoms with Crippen LogP contribution < -0.4 is 24.8 Å². The Bertz CT molecular complexity index is 974. The van der Waals surface area contributed by atoms with Crippen molar-refractivity contribution in [1.29, 1.82) is 0 Å². The topological polar surface area (TPSA) is 81.7 Å². The molecule has 2 N–H and O–H groups in total. The van der Waals surface area contributed by atoms with Crippen LogP contribution in [0.15, 0.2) is 60.9 Å². The summed E-state index contributed by atoms with van der Waals surface area (Å²) in [4.78, 5) is 16.8. The first-order valence-electron chi connectivity index (χ1n) is 9.11. The first-order chi connectivity index (χ1) is 14.1. The highest BCUT2D eigenvalue weighted by Crippen LogP contribution is 2.29. The van der Waals surface area contributed by atoms with E-state index in [4.69, 9.17) is 14.2 Å². The van der Waals surface area contributed by atoms with Crippen LogP contribution in [0.2, 0.25) is 0 Å². The van der Waals surface area contributed by atoms with Crippen molar-refractivity contribution in [2.45, 2.75) is 6.92 Å². The monoisotopic (exact) mass is 393 g/mol. The highest BCUT2D eigenvalue weighted by atomic mass is 16.5. The normalized spacial score (nSPS) is 10.2. The molecule has 0 aliphatic carbocycles.